The van der Waals surface area contributed by atoms with Crippen molar-refractivity contribution >= 4 is 5.97 Å². The zero-order valence-electron chi connectivity index (χ0n) is 5.86. The summed E-state index contributed by atoms with van der Waals surface area (Å²) < 4.78 is 0. The van der Waals surface area contributed by atoms with Gasteiger partial charge in [-0.3, -0.25) is 4.79 Å². The van der Waals surface area contributed by atoms with E-state index in [0.717, 1.165) is 0 Å². The van der Waals surface area contributed by atoms with E-state index in [1.807, 2.05) is 0 Å². The van der Waals surface area contributed by atoms with Crippen LogP contribution in [0, 0.1) is 0 Å². The van der Waals surface area contributed by atoms with Gasteiger partial charge >= 0.3 is 5.97 Å². The molecule has 4 heteroatoms. The molecule has 4 nitrogen and oxygen atoms in total. The molecule has 0 unspecified atom stereocenters. The first-order valence-electron chi connectivity index (χ1n) is 2.43. The summed E-state index contributed by atoms with van der Waals surface area (Å²) in [5, 5.41) is 11.0. The summed E-state index contributed by atoms with van der Waals surface area (Å²) in [5.41, 5.74) is -0.792. The Labute approximate surface area is 54.2 Å². The van der Waals surface area contributed by atoms with E-state index in [1.165, 1.54) is 0 Å². The van der Waals surface area contributed by atoms with Crippen LogP contribution in [-0.2, 0) is 4.79 Å². The number of rotatable bonds is 2. The van der Waals surface area contributed by atoms with Gasteiger partial charge in [-0.15, -0.1) is 0 Å². The molecule has 0 heterocycles. The third-order valence-electron chi connectivity index (χ3n) is 1.16. The third-order valence-corrected chi connectivity index (χ3v) is 1.16. The van der Waals surface area contributed by atoms with Crippen LogP contribution in [0.3, 0.4) is 0 Å². The summed E-state index contributed by atoms with van der Waals surface area (Å²) in [5.74, 6) is -0.833. The van der Waals surface area contributed by atoms with Crippen LogP contribution in [0.4, 0.5) is 0 Å². The molecule has 56 valence electrons. The molecule has 0 bridgehead atoms. The minimum atomic E-state index is -0.833. The van der Waals surface area contributed by atoms with Gasteiger partial charge in [0.05, 0.1) is 0 Å². The van der Waals surface area contributed by atoms with Crippen molar-refractivity contribution < 1.29 is 15.4 Å². The standard InChI is InChI=1S/C5H11NO2.H2O/c1-5(2,6-3)4(7)8;/h6H,1-3H3,(H,7,8);1H2. The predicted molar refractivity (Wildman–Crippen MR) is 34.4 cm³/mol. The number of nitrogens with one attached hydrogen (secondary N) is 1. The lowest BCUT2D eigenvalue weighted by atomic mass is 10.1. The normalized spacial score (nSPS) is 10.1. The smallest absolute Gasteiger partial charge is 0.323 e. The highest BCUT2D eigenvalue weighted by molar-refractivity contribution is 5.77. The van der Waals surface area contributed by atoms with Crippen LogP contribution in [0.1, 0.15) is 13.8 Å². The Morgan fingerprint density at radius 1 is 1.56 bits per heavy atom. The fourth-order valence-electron chi connectivity index (χ4n) is 0.107. The first-order chi connectivity index (χ1) is 3.50. The molecule has 0 atom stereocenters. The lowest BCUT2D eigenvalue weighted by Crippen LogP contribution is -2.44. The third kappa shape index (κ3) is 3.05. The van der Waals surface area contributed by atoms with Gasteiger partial charge in [-0.2, -0.15) is 0 Å². The molecule has 0 saturated heterocycles. The molecule has 9 heavy (non-hydrogen) atoms. The molecule has 0 aliphatic carbocycles. The predicted octanol–water partition coefficient (Wildman–Crippen LogP) is -0.756. The number of hydrogen-bond donors (Lipinski definition) is 2. The number of carboxylic acid groups (broad SMARTS) is 1. The second-order valence-electron chi connectivity index (χ2n) is 2.18. The Morgan fingerprint density at radius 3 is 1.89 bits per heavy atom. The topological polar surface area (TPSA) is 80.8 Å². The van der Waals surface area contributed by atoms with Gasteiger partial charge in [-0.1, -0.05) is 0 Å². The van der Waals surface area contributed by atoms with Gasteiger partial charge in [-0.05, 0) is 20.9 Å². The van der Waals surface area contributed by atoms with Crippen molar-refractivity contribution in [3.05, 3.63) is 0 Å². The monoisotopic (exact) mass is 135 g/mol. The zero-order chi connectivity index (χ0) is 6.78. The van der Waals surface area contributed by atoms with Gasteiger partial charge in [-0.25, -0.2) is 0 Å². The lowest BCUT2D eigenvalue weighted by molar-refractivity contribution is -0.143. The Morgan fingerprint density at radius 2 is 1.89 bits per heavy atom. The van der Waals surface area contributed by atoms with Crippen molar-refractivity contribution in [1.82, 2.24) is 5.32 Å². The minimum Gasteiger partial charge on any atom is -0.480 e. The molecule has 0 spiro atoms. The Hall–Kier alpha value is -0.610. The van der Waals surface area contributed by atoms with Gasteiger partial charge in [0.1, 0.15) is 5.54 Å². The second kappa shape index (κ2) is 3.42. The number of hydrogen-bond acceptors (Lipinski definition) is 2. The molecule has 0 fully saturated rings. The SMILES string of the molecule is CNC(C)(C)C(=O)O.O. The minimum absolute atomic E-state index is 0. The van der Waals surface area contributed by atoms with Crippen LogP contribution in [0.25, 0.3) is 0 Å². The van der Waals surface area contributed by atoms with Crippen LogP contribution < -0.4 is 5.32 Å². The number of aliphatic carboxylic acids is 1. The molecule has 0 aromatic heterocycles. The molecule has 0 amide bonds. The van der Waals surface area contributed by atoms with Crippen LogP contribution in [0.2, 0.25) is 0 Å². The lowest BCUT2D eigenvalue weighted by Gasteiger charge is -2.16. The summed E-state index contributed by atoms with van der Waals surface area (Å²) in [6.45, 7) is 3.21. The highest BCUT2D eigenvalue weighted by Crippen LogP contribution is 1.98. The maximum absolute atomic E-state index is 10.2. The molecule has 0 saturated carbocycles. The van der Waals surface area contributed by atoms with E-state index in [9.17, 15) is 4.79 Å². The van der Waals surface area contributed by atoms with Crippen molar-refractivity contribution in [1.29, 1.82) is 0 Å². The van der Waals surface area contributed by atoms with Gasteiger partial charge in [0.2, 0.25) is 0 Å². The van der Waals surface area contributed by atoms with E-state index >= 15 is 0 Å². The summed E-state index contributed by atoms with van der Waals surface area (Å²) in [4.78, 5) is 10.2. The quantitative estimate of drug-likeness (QED) is 0.522. The zero-order valence-corrected chi connectivity index (χ0v) is 5.86. The highest BCUT2D eigenvalue weighted by Gasteiger charge is 2.23. The van der Waals surface area contributed by atoms with E-state index in [0.29, 0.717) is 0 Å². The van der Waals surface area contributed by atoms with E-state index in [1.54, 1.807) is 20.9 Å². The van der Waals surface area contributed by atoms with Crippen molar-refractivity contribution in [2.75, 3.05) is 7.05 Å². The highest BCUT2D eigenvalue weighted by atomic mass is 16.4. The summed E-state index contributed by atoms with van der Waals surface area (Å²) >= 11 is 0. The van der Waals surface area contributed by atoms with Gasteiger partial charge < -0.3 is 15.9 Å². The fraction of sp³-hybridized carbons (Fsp3) is 0.800. The molecule has 0 rings (SSSR count). The van der Waals surface area contributed by atoms with Crippen LogP contribution in [0.15, 0.2) is 0 Å². The number of carbonyl (C=O) groups is 1. The van der Waals surface area contributed by atoms with Crippen molar-refractivity contribution in [3.8, 4) is 0 Å². The first kappa shape index (κ1) is 11.2. The molecule has 4 N–H and O–H groups in total. The Bertz CT molecular complexity index is 100. The molecule has 0 aliphatic heterocycles. The fourth-order valence-corrected chi connectivity index (χ4v) is 0.107. The van der Waals surface area contributed by atoms with Gasteiger partial charge in [0.25, 0.3) is 0 Å². The largest absolute Gasteiger partial charge is 0.480 e. The van der Waals surface area contributed by atoms with Gasteiger partial charge in [0, 0.05) is 0 Å². The number of carboxylic acids is 1. The van der Waals surface area contributed by atoms with Crippen molar-refractivity contribution in [3.63, 3.8) is 0 Å². The van der Waals surface area contributed by atoms with Crippen molar-refractivity contribution in [2.45, 2.75) is 19.4 Å². The Balaban J connectivity index is 0. The maximum atomic E-state index is 10.2. The van der Waals surface area contributed by atoms with E-state index in [2.05, 4.69) is 5.32 Å². The second-order valence-corrected chi connectivity index (χ2v) is 2.18. The number of likely N-dealkylation sites (N-methyl/N-ethyl adjacent to an activating group) is 1. The van der Waals surface area contributed by atoms with E-state index in [-0.39, 0.29) is 5.48 Å². The molecular weight excluding hydrogens is 122 g/mol. The van der Waals surface area contributed by atoms with Gasteiger partial charge in [0.15, 0.2) is 0 Å². The van der Waals surface area contributed by atoms with Crippen LogP contribution in [-0.4, -0.2) is 29.1 Å². The van der Waals surface area contributed by atoms with Crippen LogP contribution in [0.5, 0.6) is 0 Å². The molecule has 0 aliphatic rings. The Kier molecular flexibility index (Phi) is 4.27. The molecular formula is C5H13NO3. The van der Waals surface area contributed by atoms with E-state index < -0.39 is 11.5 Å². The van der Waals surface area contributed by atoms with Crippen molar-refractivity contribution in [2.24, 2.45) is 0 Å². The van der Waals surface area contributed by atoms with Crippen LogP contribution >= 0.6 is 0 Å². The summed E-state index contributed by atoms with van der Waals surface area (Å²) in [6.07, 6.45) is 0. The summed E-state index contributed by atoms with van der Waals surface area (Å²) in [7, 11) is 1.62. The first-order valence-corrected chi connectivity index (χ1v) is 2.43. The average Bonchev–Trinajstić information content (AvgIpc) is 1.67. The summed E-state index contributed by atoms with van der Waals surface area (Å²) in [6, 6.07) is 0. The molecule has 0 radical (unpaired) electrons. The molecule has 0 aromatic rings. The average molecular weight is 135 g/mol. The van der Waals surface area contributed by atoms with E-state index in [4.69, 9.17) is 5.11 Å². The molecule has 0 aromatic carbocycles. The maximum Gasteiger partial charge on any atom is 0.323 e.